The van der Waals surface area contributed by atoms with Crippen molar-refractivity contribution in [3.05, 3.63) is 5.51 Å². The monoisotopic (exact) mass is 423 g/mol. The number of hydrogen-bond donors (Lipinski definition) is 1. The highest BCUT2D eigenvalue weighted by atomic mass is 32.1. The summed E-state index contributed by atoms with van der Waals surface area (Å²) in [5, 5.41) is 8.78. The number of anilines is 1. The van der Waals surface area contributed by atoms with E-state index >= 15 is 0 Å². The Morgan fingerprint density at radius 3 is 2.36 bits per heavy atom. The second-order valence-corrected chi connectivity index (χ2v) is 7.00. The number of nitrogens with one attached hydrogen (secondary N) is 1. The molecule has 0 fully saturated rings. The van der Waals surface area contributed by atoms with Crippen molar-refractivity contribution in [3.8, 4) is 0 Å². The van der Waals surface area contributed by atoms with Gasteiger partial charge in [0.1, 0.15) is 11.7 Å². The van der Waals surface area contributed by atoms with Crippen LogP contribution in [-0.4, -0.2) is 53.0 Å². The number of nitrogens with zero attached hydrogens (tertiary/aromatic N) is 2. The molecule has 3 unspecified atom stereocenters. The van der Waals surface area contributed by atoms with E-state index in [0.717, 1.165) is 37.0 Å². The van der Waals surface area contributed by atoms with Crippen LogP contribution >= 0.6 is 11.3 Å². The van der Waals surface area contributed by atoms with Gasteiger partial charge in [-0.3, -0.25) is 19.7 Å². The molecule has 158 valence electrons. The van der Waals surface area contributed by atoms with Crippen LogP contribution in [0.15, 0.2) is 5.51 Å². The molecule has 11 heteroatoms. The molecular weight excluding hydrogens is 399 g/mol. The summed E-state index contributed by atoms with van der Waals surface area (Å²) in [6.07, 6.45) is -3.70. The quantitative estimate of drug-likeness (QED) is 0.280. The van der Waals surface area contributed by atoms with Gasteiger partial charge in [0.05, 0.1) is 6.61 Å². The third kappa shape index (κ3) is 9.25. The molecule has 1 amide bonds. The summed E-state index contributed by atoms with van der Waals surface area (Å²) < 4.78 is 46.3. The molecule has 1 heterocycles. The molecule has 3 atom stereocenters. The minimum atomic E-state index is -2.81. The summed E-state index contributed by atoms with van der Waals surface area (Å²) in [7, 11) is 0. The molecule has 0 spiro atoms. The number of halogens is 3. The standard InChI is InChI=1S/C17H24F3N3O4S/c1-11(24)27-9-7-5-3-2-4-6-8-12(18)13(19)15(25)14(20)16(26)22-17-23-21-10-28-17/h10,12-14H,2-9H2,1H3,(H,22,23,26). The van der Waals surface area contributed by atoms with Crippen molar-refractivity contribution >= 4 is 34.1 Å². The van der Waals surface area contributed by atoms with E-state index in [1.54, 1.807) is 0 Å². The molecule has 1 aromatic rings. The van der Waals surface area contributed by atoms with Gasteiger partial charge in [-0.2, -0.15) is 0 Å². The van der Waals surface area contributed by atoms with Crippen molar-refractivity contribution in [3.63, 3.8) is 0 Å². The van der Waals surface area contributed by atoms with Gasteiger partial charge in [0, 0.05) is 6.92 Å². The second kappa shape index (κ2) is 13.2. The Labute approximate surface area is 165 Å². The minimum Gasteiger partial charge on any atom is -0.466 e. The second-order valence-electron chi connectivity index (χ2n) is 6.17. The van der Waals surface area contributed by atoms with Gasteiger partial charge in [-0.05, 0) is 12.8 Å². The van der Waals surface area contributed by atoms with Gasteiger partial charge in [-0.15, -0.1) is 10.2 Å². The third-order valence-corrected chi connectivity index (χ3v) is 4.45. The van der Waals surface area contributed by atoms with Crippen LogP contribution < -0.4 is 5.32 Å². The number of ether oxygens (including phenoxy) is 1. The molecule has 0 aliphatic carbocycles. The number of Topliss-reactive ketones (excluding diaryl/α,β-unsaturated/α-hetero) is 1. The summed E-state index contributed by atoms with van der Waals surface area (Å²) in [5.41, 5.74) is 1.28. The lowest BCUT2D eigenvalue weighted by Gasteiger charge is -2.14. The van der Waals surface area contributed by atoms with E-state index in [2.05, 4.69) is 10.2 Å². The lowest BCUT2D eigenvalue weighted by atomic mass is 10.0. The largest absolute Gasteiger partial charge is 0.466 e. The Hall–Kier alpha value is -2.04. The Morgan fingerprint density at radius 2 is 1.75 bits per heavy atom. The summed E-state index contributed by atoms with van der Waals surface area (Å²) in [6.45, 7) is 1.71. The molecule has 0 saturated heterocycles. The van der Waals surface area contributed by atoms with Crippen molar-refractivity contribution in [1.29, 1.82) is 0 Å². The van der Waals surface area contributed by atoms with Gasteiger partial charge < -0.3 is 4.74 Å². The lowest BCUT2D eigenvalue weighted by Crippen LogP contribution is -2.40. The number of amides is 1. The molecule has 28 heavy (non-hydrogen) atoms. The number of rotatable bonds is 14. The number of carbonyl (C=O) groups is 3. The normalized spacial score (nSPS) is 14.1. The van der Waals surface area contributed by atoms with Crippen LogP contribution in [0, 0.1) is 0 Å². The van der Waals surface area contributed by atoms with Crippen LogP contribution in [-0.2, 0) is 19.1 Å². The highest BCUT2D eigenvalue weighted by Gasteiger charge is 2.37. The van der Waals surface area contributed by atoms with Crippen molar-refractivity contribution in [2.75, 3.05) is 11.9 Å². The molecule has 0 aromatic carbocycles. The Bertz CT molecular complexity index is 619. The maximum Gasteiger partial charge on any atom is 0.302 e. The van der Waals surface area contributed by atoms with Gasteiger partial charge in [0.15, 0.2) is 6.17 Å². The number of carbonyl (C=O) groups excluding carboxylic acids is 3. The zero-order valence-corrected chi connectivity index (χ0v) is 16.4. The lowest BCUT2D eigenvalue weighted by molar-refractivity contribution is -0.141. The van der Waals surface area contributed by atoms with E-state index < -0.39 is 30.2 Å². The third-order valence-electron chi connectivity index (χ3n) is 3.84. The fourth-order valence-electron chi connectivity index (χ4n) is 2.35. The summed E-state index contributed by atoms with van der Waals surface area (Å²) >= 11 is 0.896. The van der Waals surface area contributed by atoms with Crippen LogP contribution in [0.3, 0.4) is 0 Å². The maximum atomic E-state index is 13.8. The van der Waals surface area contributed by atoms with Crippen LogP contribution in [0.5, 0.6) is 0 Å². The topological polar surface area (TPSA) is 98.2 Å². The van der Waals surface area contributed by atoms with E-state index in [9.17, 15) is 27.6 Å². The van der Waals surface area contributed by atoms with Gasteiger partial charge in [-0.25, -0.2) is 13.2 Å². The first kappa shape index (κ1) is 24.0. The predicted molar refractivity (Wildman–Crippen MR) is 97.2 cm³/mol. The fourth-order valence-corrected chi connectivity index (χ4v) is 2.80. The summed E-state index contributed by atoms with van der Waals surface area (Å²) in [6, 6.07) is 0. The molecule has 1 rings (SSSR count). The highest BCUT2D eigenvalue weighted by molar-refractivity contribution is 7.13. The Morgan fingerprint density at radius 1 is 1.11 bits per heavy atom. The van der Waals surface area contributed by atoms with Crippen molar-refractivity contribution in [2.45, 2.75) is 70.4 Å². The molecule has 0 aliphatic heterocycles. The fraction of sp³-hybridized carbons (Fsp3) is 0.706. The molecule has 1 N–H and O–H groups in total. The Kier molecular flexibility index (Phi) is 11.3. The Balaban J connectivity index is 2.18. The number of unbranched alkanes of at least 4 members (excludes halogenated alkanes) is 5. The van der Waals surface area contributed by atoms with Gasteiger partial charge in [-0.1, -0.05) is 43.4 Å². The first-order chi connectivity index (χ1) is 13.3. The number of alkyl halides is 3. The van der Waals surface area contributed by atoms with Crippen molar-refractivity contribution < 1.29 is 32.3 Å². The van der Waals surface area contributed by atoms with Crippen LogP contribution in [0.2, 0.25) is 0 Å². The molecule has 1 aromatic heterocycles. The van der Waals surface area contributed by atoms with Gasteiger partial charge in [0.25, 0.3) is 5.91 Å². The average molecular weight is 423 g/mol. The van der Waals surface area contributed by atoms with Gasteiger partial charge in [0.2, 0.25) is 17.1 Å². The molecule has 7 nitrogen and oxygen atoms in total. The highest BCUT2D eigenvalue weighted by Crippen LogP contribution is 2.18. The maximum absolute atomic E-state index is 13.8. The number of ketones is 1. The van der Waals surface area contributed by atoms with Gasteiger partial charge >= 0.3 is 5.97 Å². The first-order valence-electron chi connectivity index (χ1n) is 8.99. The van der Waals surface area contributed by atoms with E-state index in [-0.39, 0.29) is 17.5 Å². The van der Waals surface area contributed by atoms with Crippen molar-refractivity contribution in [1.82, 2.24) is 10.2 Å². The van der Waals surface area contributed by atoms with Crippen LogP contribution in [0.4, 0.5) is 18.3 Å². The minimum absolute atomic E-state index is 0.0412. The molecule has 0 bridgehead atoms. The van der Waals surface area contributed by atoms with Crippen LogP contribution in [0.25, 0.3) is 0 Å². The number of aromatic nitrogens is 2. The zero-order chi connectivity index (χ0) is 20.9. The number of hydrogen-bond acceptors (Lipinski definition) is 7. The van der Waals surface area contributed by atoms with E-state index in [0.29, 0.717) is 19.4 Å². The summed E-state index contributed by atoms with van der Waals surface area (Å²) in [5.74, 6) is -3.46. The average Bonchev–Trinajstić information content (AvgIpc) is 3.17. The van der Waals surface area contributed by atoms with E-state index in [1.165, 1.54) is 12.4 Å². The van der Waals surface area contributed by atoms with E-state index in [1.807, 2.05) is 5.32 Å². The van der Waals surface area contributed by atoms with E-state index in [4.69, 9.17) is 4.74 Å². The smallest absolute Gasteiger partial charge is 0.302 e. The first-order valence-corrected chi connectivity index (χ1v) is 9.87. The molecular formula is C17H24F3N3O4S. The number of esters is 1. The zero-order valence-electron chi connectivity index (χ0n) is 15.5. The van der Waals surface area contributed by atoms with Crippen molar-refractivity contribution in [2.24, 2.45) is 0 Å². The molecule has 0 saturated carbocycles. The van der Waals surface area contributed by atoms with Crippen LogP contribution in [0.1, 0.15) is 51.9 Å². The summed E-state index contributed by atoms with van der Waals surface area (Å²) in [4.78, 5) is 33.7. The SMILES string of the molecule is CC(=O)OCCCCCCCCC(F)C(F)C(=O)C(F)C(=O)Nc1nncs1. The molecule has 0 aliphatic rings. The molecule has 0 radical (unpaired) electrons. The predicted octanol–water partition coefficient (Wildman–Crippen LogP) is 3.35.